The molecule has 0 bridgehead atoms. The van der Waals surface area contributed by atoms with Crippen molar-refractivity contribution in [2.24, 2.45) is 0 Å². The quantitative estimate of drug-likeness (QED) is 0.750. The van der Waals surface area contributed by atoms with Crippen molar-refractivity contribution in [1.29, 1.82) is 0 Å². The molecule has 2 aromatic rings. The van der Waals surface area contributed by atoms with Gasteiger partial charge in [0.25, 0.3) is 0 Å². The van der Waals surface area contributed by atoms with E-state index >= 15 is 0 Å². The lowest BCUT2D eigenvalue weighted by Gasteiger charge is -2.23. The van der Waals surface area contributed by atoms with Gasteiger partial charge in [-0.2, -0.15) is 0 Å². The van der Waals surface area contributed by atoms with Crippen LogP contribution in [0.5, 0.6) is 0 Å². The minimum absolute atomic E-state index is 0.115. The number of aryl methyl sites for hydroxylation is 1. The number of rotatable bonds is 6. The molecule has 0 aliphatic carbocycles. The van der Waals surface area contributed by atoms with Gasteiger partial charge in [-0.3, -0.25) is 0 Å². The summed E-state index contributed by atoms with van der Waals surface area (Å²) >= 11 is 0. The van der Waals surface area contributed by atoms with E-state index in [9.17, 15) is 18.6 Å². The largest absolute Gasteiger partial charge is 0.394 e. The van der Waals surface area contributed by atoms with E-state index in [1.807, 2.05) is 6.92 Å². The molecule has 6 heteroatoms. The molecule has 0 unspecified atom stereocenters. The van der Waals surface area contributed by atoms with E-state index < -0.39 is 28.8 Å². The fourth-order valence-electron chi connectivity index (χ4n) is 2.09. The number of sulfonamides is 1. The molecule has 0 aromatic heterocycles. The Bertz CT molecular complexity index is 699. The number of benzene rings is 2. The molecule has 5 nitrogen and oxygen atoms in total. The summed E-state index contributed by atoms with van der Waals surface area (Å²) in [5, 5.41) is 19.1. The molecule has 22 heavy (non-hydrogen) atoms. The summed E-state index contributed by atoms with van der Waals surface area (Å²) in [6.45, 7) is 1.32. The molecule has 118 valence electrons. The predicted molar refractivity (Wildman–Crippen MR) is 83.8 cm³/mol. The zero-order valence-corrected chi connectivity index (χ0v) is 13.0. The van der Waals surface area contributed by atoms with Crippen LogP contribution in [0.1, 0.15) is 17.2 Å². The molecule has 3 N–H and O–H groups in total. The molecule has 0 saturated heterocycles. The van der Waals surface area contributed by atoms with Crippen LogP contribution >= 0.6 is 0 Å². The monoisotopic (exact) mass is 321 g/mol. The number of hydrogen-bond acceptors (Lipinski definition) is 4. The second-order valence-electron chi connectivity index (χ2n) is 5.07. The summed E-state index contributed by atoms with van der Waals surface area (Å²) in [6, 6.07) is 14.2. The second-order valence-corrected chi connectivity index (χ2v) is 6.79. The van der Waals surface area contributed by atoms with Gasteiger partial charge in [0.1, 0.15) is 0 Å². The molecule has 0 saturated carbocycles. The fraction of sp³-hybridized carbons (Fsp3) is 0.250. The highest BCUT2D eigenvalue weighted by molar-refractivity contribution is 7.89. The van der Waals surface area contributed by atoms with Crippen LogP contribution in [0.15, 0.2) is 59.5 Å². The third kappa shape index (κ3) is 3.92. The molecule has 0 heterocycles. The van der Waals surface area contributed by atoms with Crippen LogP contribution in [-0.4, -0.2) is 31.3 Å². The fourth-order valence-corrected chi connectivity index (χ4v) is 3.35. The van der Waals surface area contributed by atoms with Crippen molar-refractivity contribution in [3.63, 3.8) is 0 Å². The summed E-state index contributed by atoms with van der Waals surface area (Å²) in [7, 11) is -3.80. The molecule has 2 rings (SSSR count). The smallest absolute Gasteiger partial charge is 0.241 e. The predicted octanol–water partition coefficient (Wildman–Crippen LogP) is 1.37. The Kier molecular flexibility index (Phi) is 5.31. The standard InChI is InChI=1S/C16H19NO4S/c1-12-7-9-14(10-8-12)22(20,21)17-16(15(19)11-18)13-5-3-2-4-6-13/h2-10,15-19H,11H2,1H3/t15-,16-/m0/s1. The van der Waals surface area contributed by atoms with E-state index in [0.717, 1.165) is 5.56 Å². The minimum Gasteiger partial charge on any atom is -0.394 e. The molecule has 2 aromatic carbocycles. The van der Waals surface area contributed by atoms with Gasteiger partial charge in [0.2, 0.25) is 10.0 Å². The highest BCUT2D eigenvalue weighted by Gasteiger charge is 2.26. The third-order valence-corrected chi connectivity index (χ3v) is 4.80. The van der Waals surface area contributed by atoms with Crippen molar-refractivity contribution in [3.05, 3.63) is 65.7 Å². The maximum atomic E-state index is 12.4. The summed E-state index contributed by atoms with van der Waals surface area (Å²) in [5.41, 5.74) is 1.54. The number of hydrogen-bond donors (Lipinski definition) is 3. The van der Waals surface area contributed by atoms with Crippen LogP contribution in [-0.2, 0) is 10.0 Å². The van der Waals surface area contributed by atoms with Crippen molar-refractivity contribution in [1.82, 2.24) is 4.72 Å². The summed E-state index contributed by atoms with van der Waals surface area (Å²) < 4.78 is 27.3. The first-order chi connectivity index (χ1) is 10.4. The van der Waals surface area contributed by atoms with E-state index in [4.69, 9.17) is 0 Å². The maximum absolute atomic E-state index is 12.4. The Morgan fingerprint density at radius 2 is 1.64 bits per heavy atom. The Hall–Kier alpha value is -1.73. The zero-order valence-electron chi connectivity index (χ0n) is 12.2. The molecular formula is C16H19NO4S. The molecular weight excluding hydrogens is 302 g/mol. The van der Waals surface area contributed by atoms with Crippen LogP contribution in [0.2, 0.25) is 0 Å². The first kappa shape index (κ1) is 16.6. The van der Waals surface area contributed by atoms with Gasteiger partial charge in [-0.15, -0.1) is 0 Å². The van der Waals surface area contributed by atoms with Gasteiger partial charge in [0, 0.05) is 0 Å². The van der Waals surface area contributed by atoms with Gasteiger partial charge in [-0.1, -0.05) is 48.0 Å². The van der Waals surface area contributed by atoms with Gasteiger partial charge in [-0.25, -0.2) is 13.1 Å². The Morgan fingerprint density at radius 3 is 2.18 bits per heavy atom. The molecule has 0 amide bonds. The van der Waals surface area contributed by atoms with Crippen LogP contribution in [0.3, 0.4) is 0 Å². The van der Waals surface area contributed by atoms with Crippen molar-refractivity contribution in [3.8, 4) is 0 Å². The van der Waals surface area contributed by atoms with Gasteiger partial charge in [0.05, 0.1) is 23.6 Å². The lowest BCUT2D eigenvalue weighted by Crippen LogP contribution is -2.38. The average molecular weight is 321 g/mol. The molecule has 0 aliphatic heterocycles. The lowest BCUT2D eigenvalue weighted by molar-refractivity contribution is 0.0693. The summed E-state index contributed by atoms with van der Waals surface area (Å²) in [4.78, 5) is 0.115. The van der Waals surface area contributed by atoms with Gasteiger partial charge in [-0.05, 0) is 24.6 Å². The Balaban J connectivity index is 2.32. The van der Waals surface area contributed by atoms with E-state index in [-0.39, 0.29) is 4.90 Å². The SMILES string of the molecule is Cc1ccc(S(=O)(=O)N[C@@H](c2ccccc2)[C@@H](O)CO)cc1. The van der Waals surface area contributed by atoms with Gasteiger partial charge >= 0.3 is 0 Å². The maximum Gasteiger partial charge on any atom is 0.241 e. The first-order valence-corrected chi connectivity index (χ1v) is 8.35. The lowest BCUT2D eigenvalue weighted by atomic mass is 10.0. The van der Waals surface area contributed by atoms with E-state index in [0.29, 0.717) is 5.56 Å². The molecule has 0 radical (unpaired) electrons. The minimum atomic E-state index is -3.80. The first-order valence-electron chi connectivity index (χ1n) is 6.87. The zero-order chi connectivity index (χ0) is 16.2. The molecule has 2 atom stereocenters. The van der Waals surface area contributed by atoms with E-state index in [1.54, 1.807) is 42.5 Å². The highest BCUT2D eigenvalue weighted by Crippen LogP contribution is 2.20. The van der Waals surface area contributed by atoms with E-state index in [1.165, 1.54) is 12.1 Å². The van der Waals surface area contributed by atoms with Crippen LogP contribution in [0, 0.1) is 6.92 Å². The van der Waals surface area contributed by atoms with Gasteiger partial charge < -0.3 is 10.2 Å². The average Bonchev–Trinajstić information content (AvgIpc) is 2.53. The van der Waals surface area contributed by atoms with Crippen molar-refractivity contribution in [2.45, 2.75) is 24.0 Å². The van der Waals surface area contributed by atoms with Crippen LogP contribution in [0.25, 0.3) is 0 Å². The molecule has 0 aliphatic rings. The number of aliphatic hydroxyl groups excluding tert-OH is 2. The number of nitrogens with one attached hydrogen (secondary N) is 1. The normalized spacial score (nSPS) is 14.5. The highest BCUT2D eigenvalue weighted by atomic mass is 32.2. The van der Waals surface area contributed by atoms with E-state index in [2.05, 4.69) is 4.72 Å². The topological polar surface area (TPSA) is 86.6 Å². The van der Waals surface area contributed by atoms with Crippen molar-refractivity contribution in [2.75, 3.05) is 6.61 Å². The Morgan fingerprint density at radius 1 is 1.05 bits per heavy atom. The summed E-state index contributed by atoms with van der Waals surface area (Å²) in [6.07, 6.45) is -1.23. The second kappa shape index (κ2) is 7.02. The third-order valence-electron chi connectivity index (χ3n) is 3.34. The molecule has 0 spiro atoms. The Labute approximate surface area is 130 Å². The number of aliphatic hydroxyl groups is 2. The summed E-state index contributed by atoms with van der Waals surface area (Å²) in [5.74, 6) is 0. The van der Waals surface area contributed by atoms with Crippen LogP contribution in [0.4, 0.5) is 0 Å². The van der Waals surface area contributed by atoms with Crippen LogP contribution < -0.4 is 4.72 Å². The van der Waals surface area contributed by atoms with Crippen molar-refractivity contribution < 1.29 is 18.6 Å². The van der Waals surface area contributed by atoms with Crippen molar-refractivity contribution >= 4 is 10.0 Å². The van der Waals surface area contributed by atoms with Gasteiger partial charge in [0.15, 0.2) is 0 Å². The molecule has 0 fully saturated rings.